The van der Waals surface area contributed by atoms with E-state index in [4.69, 9.17) is 0 Å². The summed E-state index contributed by atoms with van der Waals surface area (Å²) in [6.45, 7) is 14.7. The van der Waals surface area contributed by atoms with E-state index in [1.54, 1.807) is 0 Å². The van der Waals surface area contributed by atoms with Crippen molar-refractivity contribution in [3.8, 4) is 0 Å². The molecule has 0 fully saturated rings. The Kier molecular flexibility index (Phi) is 5.87. The summed E-state index contributed by atoms with van der Waals surface area (Å²) in [6, 6.07) is 7.48. The van der Waals surface area contributed by atoms with Crippen LogP contribution in [-0.4, -0.2) is 12.6 Å². The van der Waals surface area contributed by atoms with Crippen LogP contribution in [0.2, 0.25) is 0 Å². The minimum absolute atomic E-state index is 0.561. The molecule has 1 rings (SSSR count). The van der Waals surface area contributed by atoms with Gasteiger partial charge < -0.3 is 5.32 Å². The zero-order valence-electron chi connectivity index (χ0n) is 12.9. The first-order valence-electron chi connectivity index (χ1n) is 7.27. The average Bonchev–Trinajstić information content (AvgIpc) is 2.27. The van der Waals surface area contributed by atoms with Crippen LogP contribution >= 0.6 is 0 Å². The molecule has 1 aromatic rings. The molecular formula is C17H29N. The molecule has 0 aliphatic heterocycles. The lowest BCUT2D eigenvalue weighted by atomic mass is 9.85. The summed E-state index contributed by atoms with van der Waals surface area (Å²) in [5.41, 5.74) is 4.21. The Morgan fingerprint density at radius 3 is 2.00 bits per heavy atom. The van der Waals surface area contributed by atoms with Gasteiger partial charge in [0.25, 0.3) is 0 Å². The van der Waals surface area contributed by atoms with Crippen molar-refractivity contribution in [3.63, 3.8) is 0 Å². The second-order valence-electron chi connectivity index (χ2n) is 5.93. The molecule has 0 aliphatic carbocycles. The quantitative estimate of drug-likeness (QED) is 0.784. The first kappa shape index (κ1) is 15.2. The van der Waals surface area contributed by atoms with E-state index < -0.39 is 0 Å². The molecule has 0 bridgehead atoms. The maximum atomic E-state index is 3.71. The van der Waals surface area contributed by atoms with Crippen LogP contribution in [-0.2, 0) is 0 Å². The van der Waals surface area contributed by atoms with Crippen molar-refractivity contribution >= 4 is 0 Å². The third kappa shape index (κ3) is 4.13. The molecule has 0 heterocycles. The van der Waals surface area contributed by atoms with Gasteiger partial charge in [0.2, 0.25) is 0 Å². The van der Waals surface area contributed by atoms with E-state index >= 15 is 0 Å². The molecule has 1 nitrogen and oxygen atoms in total. The summed E-state index contributed by atoms with van der Waals surface area (Å²) in [5, 5.41) is 3.71. The van der Waals surface area contributed by atoms with Gasteiger partial charge in [-0.05, 0) is 44.2 Å². The number of aryl methyl sites for hydroxylation is 2. The van der Waals surface area contributed by atoms with Crippen molar-refractivity contribution < 1.29 is 0 Å². The van der Waals surface area contributed by atoms with Crippen LogP contribution in [0, 0.1) is 19.8 Å². The smallest absolute Gasteiger partial charge is 0.0156 e. The lowest BCUT2D eigenvalue weighted by Gasteiger charge is -2.29. The topological polar surface area (TPSA) is 12.0 Å². The van der Waals surface area contributed by atoms with Crippen molar-refractivity contribution in [2.24, 2.45) is 5.92 Å². The second-order valence-corrected chi connectivity index (χ2v) is 5.93. The van der Waals surface area contributed by atoms with Crippen LogP contribution in [0.5, 0.6) is 0 Å². The average molecular weight is 247 g/mol. The lowest BCUT2D eigenvalue weighted by Crippen LogP contribution is -2.38. The molecule has 0 spiro atoms. The fraction of sp³-hybridized carbons (Fsp3) is 0.647. The van der Waals surface area contributed by atoms with Crippen LogP contribution < -0.4 is 5.32 Å². The highest BCUT2D eigenvalue weighted by molar-refractivity contribution is 5.31. The molecule has 0 radical (unpaired) electrons. The first-order chi connectivity index (χ1) is 8.45. The highest BCUT2D eigenvalue weighted by atomic mass is 14.9. The van der Waals surface area contributed by atoms with Gasteiger partial charge in [-0.3, -0.25) is 0 Å². The van der Waals surface area contributed by atoms with E-state index in [0.717, 1.165) is 6.54 Å². The van der Waals surface area contributed by atoms with E-state index in [0.29, 0.717) is 17.9 Å². The van der Waals surface area contributed by atoms with Gasteiger partial charge in [-0.1, -0.05) is 57.0 Å². The zero-order chi connectivity index (χ0) is 13.7. The van der Waals surface area contributed by atoms with Crippen LogP contribution in [0.1, 0.15) is 56.7 Å². The third-order valence-electron chi connectivity index (χ3n) is 3.66. The Bertz CT molecular complexity index is 348. The second kappa shape index (κ2) is 6.94. The molecule has 102 valence electrons. The number of hydrogen-bond acceptors (Lipinski definition) is 1. The molecule has 0 amide bonds. The molecule has 2 atom stereocenters. The number of rotatable bonds is 6. The zero-order valence-corrected chi connectivity index (χ0v) is 12.9. The fourth-order valence-electron chi connectivity index (χ4n) is 2.78. The molecule has 0 aliphatic rings. The van der Waals surface area contributed by atoms with E-state index in [-0.39, 0.29) is 0 Å². The van der Waals surface area contributed by atoms with E-state index in [9.17, 15) is 0 Å². The Morgan fingerprint density at radius 1 is 1.00 bits per heavy atom. The lowest BCUT2D eigenvalue weighted by molar-refractivity contribution is 0.354. The van der Waals surface area contributed by atoms with Crippen molar-refractivity contribution in [1.29, 1.82) is 0 Å². The number of nitrogens with one attached hydrogen (secondary N) is 1. The SMILES string of the molecule is CCCNC(C(C)C)C(C)c1cc(C)cc(C)c1. The van der Waals surface area contributed by atoms with Crippen LogP contribution in [0.4, 0.5) is 0 Å². The maximum absolute atomic E-state index is 3.71. The molecule has 18 heavy (non-hydrogen) atoms. The highest BCUT2D eigenvalue weighted by Crippen LogP contribution is 2.25. The molecule has 0 saturated heterocycles. The summed E-state index contributed by atoms with van der Waals surface area (Å²) in [5.74, 6) is 1.22. The summed E-state index contributed by atoms with van der Waals surface area (Å²) < 4.78 is 0. The maximum Gasteiger partial charge on any atom is 0.0156 e. The predicted octanol–water partition coefficient (Wildman–Crippen LogP) is 4.43. The van der Waals surface area contributed by atoms with E-state index in [2.05, 4.69) is 65.1 Å². The van der Waals surface area contributed by atoms with Crippen LogP contribution in [0.15, 0.2) is 18.2 Å². The minimum Gasteiger partial charge on any atom is -0.313 e. The minimum atomic E-state index is 0.561. The monoisotopic (exact) mass is 247 g/mol. The molecular weight excluding hydrogens is 218 g/mol. The molecule has 1 heteroatoms. The normalized spacial score (nSPS) is 14.8. The predicted molar refractivity (Wildman–Crippen MR) is 81.3 cm³/mol. The summed E-state index contributed by atoms with van der Waals surface area (Å²) in [6.07, 6.45) is 1.20. The number of hydrogen-bond donors (Lipinski definition) is 1. The molecule has 0 saturated carbocycles. The Hall–Kier alpha value is -0.820. The Labute approximate surface area is 113 Å². The summed E-state index contributed by atoms with van der Waals surface area (Å²) in [4.78, 5) is 0. The van der Waals surface area contributed by atoms with Gasteiger partial charge in [0.05, 0.1) is 0 Å². The highest BCUT2D eigenvalue weighted by Gasteiger charge is 2.21. The summed E-state index contributed by atoms with van der Waals surface area (Å²) >= 11 is 0. The van der Waals surface area contributed by atoms with Crippen molar-refractivity contribution in [3.05, 3.63) is 34.9 Å². The molecule has 0 aromatic heterocycles. The van der Waals surface area contributed by atoms with Gasteiger partial charge >= 0.3 is 0 Å². The third-order valence-corrected chi connectivity index (χ3v) is 3.66. The van der Waals surface area contributed by atoms with Crippen LogP contribution in [0.3, 0.4) is 0 Å². The van der Waals surface area contributed by atoms with Gasteiger partial charge in [-0.2, -0.15) is 0 Å². The van der Waals surface area contributed by atoms with Crippen molar-refractivity contribution in [2.75, 3.05) is 6.54 Å². The fourth-order valence-corrected chi connectivity index (χ4v) is 2.78. The van der Waals surface area contributed by atoms with Gasteiger partial charge in [0.1, 0.15) is 0 Å². The Balaban J connectivity index is 2.90. The Morgan fingerprint density at radius 2 is 1.56 bits per heavy atom. The van der Waals surface area contributed by atoms with Crippen molar-refractivity contribution in [2.45, 2.75) is 59.9 Å². The molecule has 2 unspecified atom stereocenters. The van der Waals surface area contributed by atoms with Crippen LogP contribution in [0.25, 0.3) is 0 Å². The van der Waals surface area contributed by atoms with E-state index in [1.165, 1.54) is 23.1 Å². The molecule has 1 N–H and O–H groups in total. The van der Waals surface area contributed by atoms with Gasteiger partial charge in [0, 0.05) is 6.04 Å². The van der Waals surface area contributed by atoms with Gasteiger partial charge in [-0.15, -0.1) is 0 Å². The summed E-state index contributed by atoms with van der Waals surface area (Å²) in [7, 11) is 0. The molecule has 1 aromatic carbocycles. The van der Waals surface area contributed by atoms with Gasteiger partial charge in [-0.25, -0.2) is 0 Å². The van der Waals surface area contributed by atoms with Gasteiger partial charge in [0.15, 0.2) is 0 Å². The van der Waals surface area contributed by atoms with Crippen molar-refractivity contribution in [1.82, 2.24) is 5.32 Å². The standard InChI is InChI=1S/C17H29N/c1-7-8-18-17(12(2)3)15(6)16-10-13(4)9-14(5)11-16/h9-12,15,17-18H,7-8H2,1-6H3. The number of benzene rings is 1. The van der Waals surface area contributed by atoms with E-state index in [1.807, 2.05) is 0 Å². The first-order valence-corrected chi connectivity index (χ1v) is 7.27. The largest absolute Gasteiger partial charge is 0.313 e.